The monoisotopic (exact) mass is 351 g/mol. The van der Waals surface area contributed by atoms with Crippen LogP contribution in [0, 0.1) is 17.0 Å². The van der Waals surface area contributed by atoms with Crippen LogP contribution in [0.3, 0.4) is 0 Å². The minimum absolute atomic E-state index is 0.0210. The Bertz CT molecular complexity index is 685. The number of hydrogen-bond acceptors (Lipinski definition) is 4. The summed E-state index contributed by atoms with van der Waals surface area (Å²) in [5, 5.41) is 20.4. The van der Waals surface area contributed by atoms with Crippen molar-refractivity contribution in [2.45, 2.75) is 20.0 Å². The fourth-order valence-corrected chi connectivity index (χ4v) is 2.27. The normalized spacial score (nSPS) is 12.0. The van der Waals surface area contributed by atoms with Gasteiger partial charge in [0.2, 0.25) is 0 Å². The van der Waals surface area contributed by atoms with E-state index in [2.05, 4.69) is 15.9 Å². The summed E-state index contributed by atoms with van der Waals surface area (Å²) in [5.41, 5.74) is 1.53. The Kier molecular flexibility index (Phi) is 4.59. The van der Waals surface area contributed by atoms with Crippen molar-refractivity contribution >= 4 is 21.6 Å². The van der Waals surface area contributed by atoms with Crippen LogP contribution in [0.1, 0.15) is 24.2 Å². The first-order valence-corrected chi connectivity index (χ1v) is 7.08. The number of aryl methyl sites for hydroxylation is 1. The fraction of sp³-hybridized carbons (Fsp3) is 0.200. The van der Waals surface area contributed by atoms with Crippen molar-refractivity contribution in [3.8, 4) is 11.5 Å². The third kappa shape index (κ3) is 3.59. The highest BCUT2D eigenvalue weighted by Crippen LogP contribution is 2.34. The van der Waals surface area contributed by atoms with E-state index in [9.17, 15) is 15.2 Å². The Morgan fingerprint density at radius 3 is 2.52 bits per heavy atom. The molecule has 1 atom stereocenters. The third-order valence-corrected chi connectivity index (χ3v) is 3.66. The number of nitro benzene ring substituents is 1. The molecule has 6 heteroatoms. The molecule has 0 spiro atoms. The largest absolute Gasteiger partial charge is 0.456 e. The number of hydrogen-bond donors (Lipinski definition) is 1. The molecule has 0 aromatic heterocycles. The van der Waals surface area contributed by atoms with E-state index >= 15 is 0 Å². The smallest absolute Gasteiger partial charge is 0.273 e. The molecular weight excluding hydrogens is 338 g/mol. The maximum absolute atomic E-state index is 10.8. The van der Waals surface area contributed by atoms with Gasteiger partial charge in [0.05, 0.1) is 21.6 Å². The highest BCUT2D eigenvalue weighted by Gasteiger charge is 2.12. The molecule has 1 N–H and O–H groups in total. The van der Waals surface area contributed by atoms with E-state index in [0.29, 0.717) is 16.0 Å². The van der Waals surface area contributed by atoms with Crippen LogP contribution in [-0.4, -0.2) is 10.0 Å². The number of aliphatic hydroxyl groups is 1. The topological polar surface area (TPSA) is 72.6 Å². The summed E-state index contributed by atoms with van der Waals surface area (Å²) in [7, 11) is 0. The van der Waals surface area contributed by atoms with E-state index in [4.69, 9.17) is 4.74 Å². The molecule has 2 aromatic rings. The summed E-state index contributed by atoms with van der Waals surface area (Å²) in [6.45, 7) is 3.49. The Balaban J connectivity index is 2.34. The van der Waals surface area contributed by atoms with Crippen molar-refractivity contribution in [3.63, 3.8) is 0 Å². The van der Waals surface area contributed by atoms with Crippen molar-refractivity contribution in [3.05, 3.63) is 62.1 Å². The fourth-order valence-electron chi connectivity index (χ4n) is 1.79. The predicted octanol–water partition coefficient (Wildman–Crippen LogP) is 4.51. The van der Waals surface area contributed by atoms with E-state index < -0.39 is 11.0 Å². The molecule has 0 heterocycles. The molecule has 0 saturated heterocycles. The molecule has 0 saturated carbocycles. The summed E-state index contributed by atoms with van der Waals surface area (Å²) in [6, 6.07) is 9.69. The number of ether oxygens (including phenoxy) is 1. The molecule has 5 nitrogen and oxygen atoms in total. The van der Waals surface area contributed by atoms with Gasteiger partial charge in [-0.15, -0.1) is 0 Å². The van der Waals surface area contributed by atoms with Crippen molar-refractivity contribution in [2.24, 2.45) is 0 Å². The highest BCUT2D eigenvalue weighted by atomic mass is 79.9. The lowest BCUT2D eigenvalue weighted by atomic mass is 10.1. The lowest BCUT2D eigenvalue weighted by Gasteiger charge is -2.12. The maximum atomic E-state index is 10.8. The number of aliphatic hydroxyl groups excluding tert-OH is 1. The minimum atomic E-state index is -0.574. The zero-order valence-corrected chi connectivity index (χ0v) is 13.1. The zero-order valence-electron chi connectivity index (χ0n) is 11.5. The predicted molar refractivity (Wildman–Crippen MR) is 82.7 cm³/mol. The van der Waals surface area contributed by atoms with Crippen molar-refractivity contribution in [2.75, 3.05) is 0 Å². The Morgan fingerprint density at radius 1 is 1.24 bits per heavy atom. The van der Waals surface area contributed by atoms with Crippen LogP contribution >= 0.6 is 15.9 Å². The van der Waals surface area contributed by atoms with Crippen LogP contribution in [0.5, 0.6) is 11.5 Å². The Morgan fingerprint density at radius 2 is 1.95 bits per heavy atom. The van der Waals surface area contributed by atoms with Crippen LogP contribution in [-0.2, 0) is 0 Å². The second kappa shape index (κ2) is 6.24. The average Bonchev–Trinajstić information content (AvgIpc) is 2.42. The van der Waals surface area contributed by atoms with E-state index in [1.54, 1.807) is 31.2 Å². The van der Waals surface area contributed by atoms with E-state index in [1.807, 2.05) is 6.92 Å². The molecule has 0 fully saturated rings. The lowest BCUT2D eigenvalue weighted by Crippen LogP contribution is -1.94. The lowest BCUT2D eigenvalue weighted by molar-refractivity contribution is -0.384. The van der Waals surface area contributed by atoms with Crippen LogP contribution < -0.4 is 4.74 Å². The van der Waals surface area contributed by atoms with Gasteiger partial charge < -0.3 is 9.84 Å². The van der Waals surface area contributed by atoms with Gasteiger partial charge in [0, 0.05) is 6.07 Å². The third-order valence-electron chi connectivity index (χ3n) is 3.04. The van der Waals surface area contributed by atoms with Gasteiger partial charge >= 0.3 is 0 Å². The minimum Gasteiger partial charge on any atom is -0.456 e. The van der Waals surface area contributed by atoms with E-state index in [0.717, 1.165) is 11.1 Å². The molecule has 0 bridgehead atoms. The summed E-state index contributed by atoms with van der Waals surface area (Å²) in [6.07, 6.45) is -0.574. The summed E-state index contributed by atoms with van der Waals surface area (Å²) in [5.74, 6) is 0.956. The van der Waals surface area contributed by atoms with Crippen molar-refractivity contribution in [1.82, 2.24) is 0 Å². The number of rotatable bonds is 4. The summed E-state index contributed by atoms with van der Waals surface area (Å²) in [4.78, 5) is 10.4. The molecule has 2 aromatic carbocycles. The molecular formula is C15H14BrNO4. The first-order valence-electron chi connectivity index (χ1n) is 6.29. The van der Waals surface area contributed by atoms with Gasteiger partial charge in [-0.2, -0.15) is 0 Å². The molecule has 0 aliphatic carbocycles. The van der Waals surface area contributed by atoms with Crippen molar-refractivity contribution in [1.29, 1.82) is 0 Å². The second-order valence-electron chi connectivity index (χ2n) is 4.67. The average molecular weight is 352 g/mol. The van der Waals surface area contributed by atoms with Crippen LogP contribution in [0.25, 0.3) is 0 Å². The first kappa shape index (κ1) is 15.5. The number of nitrogens with zero attached hydrogens (tertiary/aromatic N) is 1. The van der Waals surface area contributed by atoms with Gasteiger partial charge in [-0.25, -0.2) is 0 Å². The molecule has 21 heavy (non-hydrogen) atoms. The van der Waals surface area contributed by atoms with Gasteiger partial charge in [0.1, 0.15) is 11.5 Å². The zero-order chi connectivity index (χ0) is 15.6. The number of nitro groups is 1. The molecule has 0 unspecified atom stereocenters. The number of benzene rings is 2. The first-order chi connectivity index (χ1) is 9.88. The van der Waals surface area contributed by atoms with Crippen molar-refractivity contribution < 1.29 is 14.8 Å². The molecule has 0 amide bonds. The van der Waals surface area contributed by atoms with Crippen LogP contribution in [0.15, 0.2) is 40.9 Å². The second-order valence-corrected chi connectivity index (χ2v) is 5.53. The molecule has 0 aliphatic heterocycles. The van der Waals surface area contributed by atoms with E-state index in [1.165, 1.54) is 12.1 Å². The standard InChI is InChI=1S/C15H14BrNO4/c1-9-3-5-12(17(19)20)8-15(9)21-14-6-4-11(10(2)18)7-13(14)16/h3-8,10,18H,1-2H3/t10-/m1/s1. The molecule has 0 radical (unpaired) electrons. The van der Waals surface area contributed by atoms with Crippen LogP contribution in [0.2, 0.25) is 0 Å². The van der Waals surface area contributed by atoms with E-state index in [-0.39, 0.29) is 5.69 Å². The maximum Gasteiger partial charge on any atom is 0.273 e. The van der Waals surface area contributed by atoms with Gasteiger partial charge in [-0.3, -0.25) is 10.1 Å². The van der Waals surface area contributed by atoms with Gasteiger partial charge in [-0.1, -0.05) is 6.07 Å². The quantitative estimate of drug-likeness (QED) is 0.649. The SMILES string of the molecule is Cc1ccc([N+](=O)[O-])cc1Oc1ccc([C@@H](C)O)cc1Br. The van der Waals surface area contributed by atoms with Crippen LogP contribution in [0.4, 0.5) is 5.69 Å². The molecule has 110 valence electrons. The van der Waals surface area contributed by atoms with Gasteiger partial charge in [0.25, 0.3) is 5.69 Å². The Labute approximate surface area is 130 Å². The number of non-ortho nitro benzene ring substituents is 1. The molecule has 2 rings (SSSR count). The number of halogens is 1. The summed E-state index contributed by atoms with van der Waals surface area (Å²) >= 11 is 3.37. The van der Waals surface area contributed by atoms with Gasteiger partial charge in [-0.05, 0) is 59.1 Å². The summed E-state index contributed by atoms with van der Waals surface area (Å²) < 4.78 is 6.41. The molecule has 0 aliphatic rings. The van der Waals surface area contributed by atoms with Gasteiger partial charge in [0.15, 0.2) is 0 Å². The Hall–Kier alpha value is -1.92. The highest BCUT2D eigenvalue weighted by molar-refractivity contribution is 9.10.